The highest BCUT2D eigenvalue weighted by molar-refractivity contribution is 5.83. The second-order valence-electron chi connectivity index (χ2n) is 6.24. The topological polar surface area (TPSA) is 71.5 Å². The lowest BCUT2D eigenvalue weighted by atomic mass is 9.90. The van der Waals surface area contributed by atoms with Crippen LogP contribution in [0.1, 0.15) is 38.3 Å². The first-order chi connectivity index (χ1) is 10.6. The number of aromatic nitrogens is 1. The van der Waals surface area contributed by atoms with E-state index in [1.54, 1.807) is 6.20 Å². The summed E-state index contributed by atoms with van der Waals surface area (Å²) in [5.41, 5.74) is 0.774. The normalized spacial score (nSPS) is 18.9. The number of aliphatic hydroxyl groups excluding tert-OH is 1. The molecule has 0 aliphatic carbocycles. The number of nitrogens with one attached hydrogen (secondary N) is 1. The summed E-state index contributed by atoms with van der Waals surface area (Å²) in [7, 11) is 0. The Bertz CT molecular complexity index is 458. The van der Waals surface area contributed by atoms with E-state index in [9.17, 15) is 9.90 Å². The van der Waals surface area contributed by atoms with E-state index < -0.39 is 6.10 Å². The van der Waals surface area contributed by atoms with E-state index in [0.29, 0.717) is 19.8 Å². The fraction of sp³-hybridized carbons (Fsp3) is 0.647. The Morgan fingerprint density at radius 1 is 1.41 bits per heavy atom. The molecule has 0 radical (unpaired) electrons. The molecule has 2 unspecified atom stereocenters. The number of aliphatic hydroxyl groups is 1. The number of nitrogens with zero attached hydrogens (tertiary/aromatic N) is 1. The van der Waals surface area contributed by atoms with Gasteiger partial charge in [-0.15, -0.1) is 0 Å². The van der Waals surface area contributed by atoms with Gasteiger partial charge in [0, 0.05) is 26.0 Å². The van der Waals surface area contributed by atoms with Crippen LogP contribution >= 0.6 is 0 Å². The highest BCUT2D eigenvalue weighted by atomic mass is 16.5. The highest BCUT2D eigenvalue weighted by Crippen LogP contribution is 2.23. The summed E-state index contributed by atoms with van der Waals surface area (Å²) in [5.74, 6) is -0.000535. The maximum absolute atomic E-state index is 12.5. The fourth-order valence-corrected chi connectivity index (χ4v) is 2.92. The number of rotatable bonds is 6. The van der Waals surface area contributed by atoms with E-state index in [1.807, 2.05) is 32.0 Å². The number of carbonyl (C=O) groups excluding carboxylic acids is 1. The monoisotopic (exact) mass is 306 g/mol. The number of pyridine rings is 1. The molecule has 1 aromatic heterocycles. The second kappa shape index (κ2) is 8.25. The molecule has 0 bridgehead atoms. The molecule has 1 aliphatic heterocycles. The van der Waals surface area contributed by atoms with E-state index in [1.165, 1.54) is 0 Å². The Labute approximate surface area is 132 Å². The van der Waals surface area contributed by atoms with E-state index in [4.69, 9.17) is 4.74 Å². The zero-order valence-corrected chi connectivity index (χ0v) is 13.4. The standard InChI is InChI=1S/C17H26N2O3/c1-12(2)16(14-5-3-4-8-18-14)17(21)19-11-15(20)13-6-9-22-10-7-13/h3-5,8,12-13,15-16,20H,6-7,9-11H2,1-2H3,(H,19,21). The lowest BCUT2D eigenvalue weighted by Crippen LogP contribution is -2.41. The molecule has 122 valence electrons. The van der Waals surface area contributed by atoms with Crippen LogP contribution in [-0.2, 0) is 9.53 Å². The molecule has 1 saturated heterocycles. The summed E-state index contributed by atoms with van der Waals surface area (Å²) < 4.78 is 5.30. The maximum atomic E-state index is 12.5. The Hall–Kier alpha value is -1.46. The summed E-state index contributed by atoms with van der Waals surface area (Å²) in [6.07, 6.45) is 2.90. The minimum atomic E-state index is -0.510. The zero-order chi connectivity index (χ0) is 15.9. The molecule has 1 amide bonds. The van der Waals surface area contributed by atoms with Gasteiger partial charge in [-0.2, -0.15) is 0 Å². The average Bonchev–Trinajstić information content (AvgIpc) is 2.54. The Kier molecular flexibility index (Phi) is 6.34. The van der Waals surface area contributed by atoms with Crippen molar-refractivity contribution in [3.8, 4) is 0 Å². The molecule has 2 rings (SSSR count). The molecule has 1 aliphatic rings. The van der Waals surface area contributed by atoms with Gasteiger partial charge >= 0.3 is 0 Å². The van der Waals surface area contributed by atoms with Crippen molar-refractivity contribution >= 4 is 5.91 Å². The first-order valence-corrected chi connectivity index (χ1v) is 8.04. The summed E-state index contributed by atoms with van der Waals surface area (Å²) in [6.45, 7) is 5.69. The number of hydrogen-bond acceptors (Lipinski definition) is 4. The molecule has 0 saturated carbocycles. The van der Waals surface area contributed by atoms with Gasteiger partial charge in [-0.05, 0) is 36.8 Å². The van der Waals surface area contributed by atoms with Crippen LogP contribution in [0.5, 0.6) is 0 Å². The number of ether oxygens (including phenoxy) is 1. The van der Waals surface area contributed by atoms with Gasteiger partial charge in [-0.3, -0.25) is 9.78 Å². The minimum Gasteiger partial charge on any atom is -0.391 e. The fourth-order valence-electron chi connectivity index (χ4n) is 2.92. The van der Waals surface area contributed by atoms with E-state index in [-0.39, 0.29) is 23.7 Å². The number of hydrogen-bond donors (Lipinski definition) is 2. The molecular weight excluding hydrogens is 280 g/mol. The largest absolute Gasteiger partial charge is 0.391 e. The van der Waals surface area contributed by atoms with E-state index in [2.05, 4.69) is 10.3 Å². The highest BCUT2D eigenvalue weighted by Gasteiger charge is 2.27. The smallest absolute Gasteiger partial charge is 0.229 e. The molecule has 2 heterocycles. The van der Waals surface area contributed by atoms with Crippen molar-refractivity contribution in [3.05, 3.63) is 30.1 Å². The Balaban J connectivity index is 1.91. The van der Waals surface area contributed by atoms with Gasteiger partial charge in [0.25, 0.3) is 0 Å². The number of carbonyl (C=O) groups is 1. The third-order valence-electron chi connectivity index (χ3n) is 4.25. The first-order valence-electron chi connectivity index (χ1n) is 8.04. The van der Waals surface area contributed by atoms with Gasteiger partial charge in [0.15, 0.2) is 0 Å². The molecule has 5 nitrogen and oxygen atoms in total. The predicted molar refractivity (Wildman–Crippen MR) is 84.4 cm³/mol. The molecule has 0 spiro atoms. The Morgan fingerprint density at radius 3 is 2.73 bits per heavy atom. The third kappa shape index (κ3) is 4.52. The van der Waals surface area contributed by atoms with E-state index >= 15 is 0 Å². The average molecular weight is 306 g/mol. The molecule has 1 fully saturated rings. The third-order valence-corrected chi connectivity index (χ3v) is 4.25. The summed E-state index contributed by atoms with van der Waals surface area (Å²) in [6, 6.07) is 5.61. The van der Waals surface area contributed by atoms with Crippen LogP contribution in [0.4, 0.5) is 0 Å². The van der Waals surface area contributed by atoms with Gasteiger partial charge in [0.1, 0.15) is 0 Å². The molecule has 2 atom stereocenters. The van der Waals surface area contributed by atoms with Crippen LogP contribution in [0.15, 0.2) is 24.4 Å². The van der Waals surface area contributed by atoms with Gasteiger partial charge in [-0.1, -0.05) is 19.9 Å². The quantitative estimate of drug-likeness (QED) is 0.839. The predicted octanol–water partition coefficient (Wildman–Crippen LogP) is 1.72. The maximum Gasteiger partial charge on any atom is 0.229 e. The summed E-state index contributed by atoms with van der Waals surface area (Å²) in [4.78, 5) is 16.8. The molecule has 5 heteroatoms. The van der Waals surface area contributed by atoms with Crippen LogP contribution in [0.2, 0.25) is 0 Å². The van der Waals surface area contributed by atoms with Crippen molar-refractivity contribution in [3.63, 3.8) is 0 Å². The minimum absolute atomic E-state index is 0.0696. The summed E-state index contributed by atoms with van der Waals surface area (Å²) in [5, 5.41) is 13.1. The summed E-state index contributed by atoms with van der Waals surface area (Å²) >= 11 is 0. The van der Waals surface area contributed by atoms with Gasteiger partial charge < -0.3 is 15.2 Å². The van der Waals surface area contributed by atoms with Gasteiger partial charge in [-0.25, -0.2) is 0 Å². The second-order valence-corrected chi connectivity index (χ2v) is 6.24. The van der Waals surface area contributed by atoms with Gasteiger partial charge in [0.05, 0.1) is 17.7 Å². The lowest BCUT2D eigenvalue weighted by molar-refractivity contribution is -0.124. The first kappa shape index (κ1) is 16.9. The Morgan fingerprint density at radius 2 is 2.14 bits per heavy atom. The van der Waals surface area contributed by atoms with Crippen LogP contribution in [0.3, 0.4) is 0 Å². The number of amides is 1. The van der Waals surface area contributed by atoms with Crippen molar-refractivity contribution in [2.75, 3.05) is 19.8 Å². The van der Waals surface area contributed by atoms with Crippen molar-refractivity contribution < 1.29 is 14.6 Å². The van der Waals surface area contributed by atoms with Crippen molar-refractivity contribution in [2.24, 2.45) is 11.8 Å². The van der Waals surface area contributed by atoms with E-state index in [0.717, 1.165) is 18.5 Å². The van der Waals surface area contributed by atoms with Crippen LogP contribution in [0, 0.1) is 11.8 Å². The zero-order valence-electron chi connectivity index (χ0n) is 13.4. The molecule has 1 aromatic rings. The van der Waals surface area contributed by atoms with Crippen LogP contribution in [-0.4, -0.2) is 41.9 Å². The van der Waals surface area contributed by atoms with Crippen molar-refractivity contribution in [2.45, 2.75) is 38.7 Å². The molecule has 22 heavy (non-hydrogen) atoms. The van der Waals surface area contributed by atoms with Crippen LogP contribution in [0.25, 0.3) is 0 Å². The molecule has 0 aromatic carbocycles. The van der Waals surface area contributed by atoms with Crippen molar-refractivity contribution in [1.82, 2.24) is 10.3 Å². The van der Waals surface area contributed by atoms with Crippen LogP contribution < -0.4 is 5.32 Å². The van der Waals surface area contributed by atoms with Crippen molar-refractivity contribution in [1.29, 1.82) is 0 Å². The molecule has 2 N–H and O–H groups in total. The van der Waals surface area contributed by atoms with Gasteiger partial charge in [0.2, 0.25) is 5.91 Å². The SMILES string of the molecule is CC(C)C(C(=O)NCC(O)C1CCOCC1)c1ccccn1. The lowest BCUT2D eigenvalue weighted by Gasteiger charge is -2.27. The molecular formula is C17H26N2O3.